The van der Waals surface area contributed by atoms with Gasteiger partial charge in [-0.15, -0.1) is 0 Å². The maximum absolute atomic E-state index is 13.5. The van der Waals surface area contributed by atoms with Crippen molar-refractivity contribution in [2.24, 2.45) is 5.92 Å². The monoisotopic (exact) mass is 562 g/mol. The molecule has 1 amide bonds. The predicted molar refractivity (Wildman–Crippen MR) is 158 cm³/mol. The highest BCUT2D eigenvalue weighted by atomic mass is 16.5. The van der Waals surface area contributed by atoms with Gasteiger partial charge in [0.2, 0.25) is 0 Å². The van der Waals surface area contributed by atoms with Crippen LogP contribution in [0, 0.1) is 5.92 Å². The molecule has 0 saturated carbocycles. The van der Waals surface area contributed by atoms with Crippen molar-refractivity contribution >= 4 is 22.9 Å². The quantitative estimate of drug-likeness (QED) is 0.381. The van der Waals surface area contributed by atoms with Crippen LogP contribution >= 0.6 is 0 Å². The van der Waals surface area contributed by atoms with E-state index in [-0.39, 0.29) is 12.5 Å². The van der Waals surface area contributed by atoms with Crippen LogP contribution in [0.2, 0.25) is 0 Å². The largest absolute Gasteiger partial charge is 0.492 e. The Kier molecular flexibility index (Phi) is 9.53. The number of carboxylic acid groups (broad SMARTS) is 1. The number of aliphatic carboxylic acids is 1. The van der Waals surface area contributed by atoms with Crippen molar-refractivity contribution in [3.8, 4) is 5.75 Å². The molecule has 10 heteroatoms. The molecular weight excluding hydrogens is 520 g/mol. The number of benzene rings is 2. The van der Waals surface area contributed by atoms with Gasteiger partial charge in [-0.3, -0.25) is 14.5 Å². The Balaban J connectivity index is 1.17. The number of carbonyl (C=O) groups is 2. The van der Waals surface area contributed by atoms with Crippen LogP contribution < -0.4 is 4.74 Å². The van der Waals surface area contributed by atoms with Gasteiger partial charge >= 0.3 is 5.97 Å². The lowest BCUT2D eigenvalue weighted by Crippen LogP contribution is -2.50. The normalized spacial score (nSPS) is 17.4. The van der Waals surface area contributed by atoms with Gasteiger partial charge in [0.25, 0.3) is 5.91 Å². The average Bonchev–Trinajstić information content (AvgIpc) is 3.36. The van der Waals surface area contributed by atoms with E-state index in [0.29, 0.717) is 24.6 Å². The van der Waals surface area contributed by atoms with Gasteiger partial charge in [0, 0.05) is 63.5 Å². The molecule has 2 saturated heterocycles. The van der Waals surface area contributed by atoms with Crippen LogP contribution in [0.3, 0.4) is 0 Å². The van der Waals surface area contributed by atoms with Gasteiger partial charge in [0.05, 0.1) is 30.5 Å². The third-order valence-corrected chi connectivity index (χ3v) is 8.22. The highest BCUT2D eigenvalue weighted by Gasteiger charge is 2.27. The molecule has 2 aliphatic heterocycles. The number of aromatic nitrogens is 2. The number of hydrogen-bond acceptors (Lipinski definition) is 7. The molecule has 2 aliphatic rings. The fourth-order valence-corrected chi connectivity index (χ4v) is 5.80. The summed E-state index contributed by atoms with van der Waals surface area (Å²) in [6, 6.07) is 13.9. The summed E-state index contributed by atoms with van der Waals surface area (Å²) in [7, 11) is 4.06. The summed E-state index contributed by atoms with van der Waals surface area (Å²) in [5.74, 6) is 0.750. The Morgan fingerprint density at radius 3 is 2.46 bits per heavy atom. The van der Waals surface area contributed by atoms with Crippen LogP contribution in [0.1, 0.15) is 28.8 Å². The highest BCUT2D eigenvalue weighted by Crippen LogP contribution is 2.25. The molecule has 5 rings (SSSR count). The second-order valence-electron chi connectivity index (χ2n) is 11.5. The van der Waals surface area contributed by atoms with Crippen LogP contribution in [0.15, 0.2) is 48.8 Å². The van der Waals surface area contributed by atoms with Crippen molar-refractivity contribution < 1.29 is 19.4 Å². The summed E-state index contributed by atoms with van der Waals surface area (Å²) in [4.78, 5) is 37.6. The Bertz CT molecular complexity index is 1330. The number of imidazole rings is 1. The Morgan fingerprint density at radius 1 is 1.00 bits per heavy atom. The molecule has 0 spiro atoms. The first-order valence-electron chi connectivity index (χ1n) is 14.6. The van der Waals surface area contributed by atoms with E-state index in [4.69, 9.17) is 9.84 Å². The van der Waals surface area contributed by atoms with E-state index in [2.05, 4.69) is 25.4 Å². The SMILES string of the molecule is CN(C)CCOc1ccccc1Cn1cnc2ccc(C(=O)N3CCC(CN4CCN(CC(=O)O)CC4)CC3)cc21. The molecule has 220 valence electrons. The summed E-state index contributed by atoms with van der Waals surface area (Å²) in [5, 5.41) is 9.01. The number of rotatable bonds is 11. The van der Waals surface area contributed by atoms with E-state index in [1.807, 2.05) is 66.6 Å². The van der Waals surface area contributed by atoms with Crippen molar-refractivity contribution in [2.45, 2.75) is 19.4 Å². The van der Waals surface area contributed by atoms with Gasteiger partial charge < -0.3 is 29.1 Å². The van der Waals surface area contributed by atoms with Crippen LogP contribution in [0.5, 0.6) is 5.75 Å². The summed E-state index contributed by atoms with van der Waals surface area (Å²) < 4.78 is 8.15. The number of carboxylic acids is 1. The van der Waals surface area contributed by atoms with Crippen molar-refractivity contribution in [1.82, 2.24) is 29.2 Å². The number of nitrogens with zero attached hydrogens (tertiary/aromatic N) is 6. The topological polar surface area (TPSA) is 94.4 Å². The average molecular weight is 563 g/mol. The number of carbonyl (C=O) groups excluding carboxylic acids is 1. The van der Waals surface area contributed by atoms with Crippen molar-refractivity contribution in [3.63, 3.8) is 0 Å². The van der Waals surface area contributed by atoms with Crippen LogP contribution in [0.25, 0.3) is 11.0 Å². The molecule has 41 heavy (non-hydrogen) atoms. The molecule has 0 unspecified atom stereocenters. The first-order valence-corrected chi connectivity index (χ1v) is 14.6. The molecule has 2 aromatic carbocycles. The van der Waals surface area contributed by atoms with E-state index in [1.165, 1.54) is 0 Å². The van der Waals surface area contributed by atoms with Crippen LogP contribution in [-0.4, -0.2) is 126 Å². The van der Waals surface area contributed by atoms with Gasteiger partial charge in [0.1, 0.15) is 12.4 Å². The predicted octanol–water partition coefficient (Wildman–Crippen LogP) is 2.58. The third-order valence-electron chi connectivity index (χ3n) is 8.22. The number of likely N-dealkylation sites (tertiary alicyclic amines) is 1. The Labute approximate surface area is 242 Å². The number of piperidine rings is 1. The van der Waals surface area contributed by atoms with E-state index >= 15 is 0 Å². The third kappa shape index (κ3) is 7.63. The Hall–Kier alpha value is -3.47. The van der Waals surface area contributed by atoms with Gasteiger partial charge in [-0.2, -0.15) is 0 Å². The van der Waals surface area contributed by atoms with Crippen LogP contribution in [-0.2, 0) is 11.3 Å². The number of hydrogen-bond donors (Lipinski definition) is 1. The lowest BCUT2D eigenvalue weighted by molar-refractivity contribution is -0.138. The summed E-state index contributed by atoms with van der Waals surface area (Å²) in [6.45, 7) is 8.17. The number of ether oxygens (including phenoxy) is 1. The molecule has 1 aromatic heterocycles. The number of para-hydroxylation sites is 1. The van der Waals surface area contributed by atoms with E-state index < -0.39 is 5.97 Å². The first kappa shape index (κ1) is 29.0. The minimum Gasteiger partial charge on any atom is -0.492 e. The second-order valence-corrected chi connectivity index (χ2v) is 11.5. The standard InChI is InChI=1S/C31H42N6O4/c1-33(2)17-18-41-29-6-4-3-5-26(29)21-37-23-32-27-8-7-25(19-28(27)37)31(40)36-11-9-24(10-12-36)20-34-13-15-35(16-14-34)22-30(38)39/h3-8,19,23-24H,9-18,20-22H2,1-2H3,(H,38,39). The van der Waals surface area contributed by atoms with Crippen molar-refractivity contribution in [2.75, 3.05) is 79.6 Å². The van der Waals surface area contributed by atoms with E-state index in [1.54, 1.807) is 0 Å². The fourth-order valence-electron chi connectivity index (χ4n) is 5.80. The molecule has 10 nitrogen and oxygen atoms in total. The van der Waals surface area contributed by atoms with Gasteiger partial charge in [-0.25, -0.2) is 4.98 Å². The number of piperazine rings is 1. The highest BCUT2D eigenvalue weighted by molar-refractivity contribution is 5.97. The minimum atomic E-state index is -0.759. The first-order chi connectivity index (χ1) is 19.9. The number of amides is 1. The second kappa shape index (κ2) is 13.5. The summed E-state index contributed by atoms with van der Waals surface area (Å²) in [5.41, 5.74) is 3.58. The molecule has 2 fully saturated rings. The fraction of sp³-hybridized carbons (Fsp3) is 0.516. The van der Waals surface area contributed by atoms with E-state index in [0.717, 1.165) is 87.5 Å². The van der Waals surface area contributed by atoms with Crippen molar-refractivity contribution in [3.05, 3.63) is 59.9 Å². The Morgan fingerprint density at radius 2 is 1.73 bits per heavy atom. The molecule has 3 aromatic rings. The van der Waals surface area contributed by atoms with Crippen molar-refractivity contribution in [1.29, 1.82) is 0 Å². The number of fused-ring (bicyclic) bond motifs is 1. The smallest absolute Gasteiger partial charge is 0.317 e. The maximum Gasteiger partial charge on any atom is 0.317 e. The molecule has 0 aliphatic carbocycles. The zero-order chi connectivity index (χ0) is 28.8. The lowest BCUT2D eigenvalue weighted by atomic mass is 9.95. The molecule has 0 atom stereocenters. The maximum atomic E-state index is 13.5. The lowest BCUT2D eigenvalue weighted by Gasteiger charge is -2.38. The van der Waals surface area contributed by atoms with Gasteiger partial charge in [0.15, 0.2) is 0 Å². The van der Waals surface area contributed by atoms with Gasteiger partial charge in [-0.05, 0) is 57.1 Å². The van der Waals surface area contributed by atoms with Crippen LogP contribution in [0.4, 0.5) is 0 Å². The van der Waals surface area contributed by atoms with Gasteiger partial charge in [-0.1, -0.05) is 18.2 Å². The minimum absolute atomic E-state index is 0.0767. The molecular formula is C31H42N6O4. The summed E-state index contributed by atoms with van der Waals surface area (Å²) >= 11 is 0. The summed E-state index contributed by atoms with van der Waals surface area (Å²) in [6.07, 6.45) is 3.82. The molecule has 0 radical (unpaired) electrons. The molecule has 1 N–H and O–H groups in total. The van der Waals surface area contributed by atoms with E-state index in [9.17, 15) is 9.59 Å². The molecule has 3 heterocycles. The number of likely N-dealkylation sites (N-methyl/N-ethyl adjacent to an activating group) is 1. The zero-order valence-electron chi connectivity index (χ0n) is 24.2. The molecule has 0 bridgehead atoms. The zero-order valence-corrected chi connectivity index (χ0v) is 24.2.